The van der Waals surface area contributed by atoms with Crippen molar-refractivity contribution in [1.82, 2.24) is 9.55 Å². The lowest BCUT2D eigenvalue weighted by Crippen LogP contribution is -2.12. The monoisotopic (exact) mass is 296 g/mol. The van der Waals surface area contributed by atoms with E-state index in [-0.39, 0.29) is 11.4 Å². The van der Waals surface area contributed by atoms with Crippen molar-refractivity contribution in [3.8, 4) is 0 Å². The molecule has 3 nitrogen and oxygen atoms in total. The second-order valence-electron chi connectivity index (χ2n) is 3.46. The zero-order valence-electron chi connectivity index (χ0n) is 9.15. The van der Waals surface area contributed by atoms with Crippen LogP contribution in [0.3, 0.4) is 0 Å². The molecular formula is C12H10BrFN2O. The van der Waals surface area contributed by atoms with E-state index in [1.165, 1.54) is 12.3 Å². The minimum atomic E-state index is -0.546. The van der Waals surface area contributed by atoms with Crippen molar-refractivity contribution in [1.29, 1.82) is 0 Å². The molecule has 0 bridgehead atoms. The van der Waals surface area contributed by atoms with Crippen LogP contribution in [0.25, 0.3) is 0 Å². The Morgan fingerprint density at radius 1 is 1.53 bits per heavy atom. The number of hydrogen-bond acceptors (Lipinski definition) is 2. The van der Waals surface area contributed by atoms with Gasteiger partial charge in [-0.3, -0.25) is 4.79 Å². The lowest BCUT2D eigenvalue weighted by Gasteiger charge is -2.06. The van der Waals surface area contributed by atoms with Gasteiger partial charge in [0.25, 0.3) is 0 Å². The van der Waals surface area contributed by atoms with Gasteiger partial charge < -0.3 is 4.57 Å². The summed E-state index contributed by atoms with van der Waals surface area (Å²) in [4.78, 5) is 16.1. The highest BCUT2D eigenvalue weighted by Crippen LogP contribution is 2.22. The number of carbonyl (C=O) groups is 1. The first-order valence-electron chi connectivity index (χ1n) is 5.15. The summed E-state index contributed by atoms with van der Waals surface area (Å²) in [6, 6.07) is 4.44. The maximum Gasteiger partial charge on any atom is 0.232 e. The molecule has 1 aromatic heterocycles. The third-order valence-corrected chi connectivity index (χ3v) is 3.11. The predicted octanol–water partition coefficient (Wildman–Crippen LogP) is 3.04. The van der Waals surface area contributed by atoms with Gasteiger partial charge in [0.15, 0.2) is 5.82 Å². The molecule has 0 spiro atoms. The molecular weight excluding hydrogens is 287 g/mol. The minimum Gasteiger partial charge on any atom is -0.328 e. The van der Waals surface area contributed by atoms with Gasteiger partial charge in [-0.05, 0) is 35.0 Å². The molecule has 0 fully saturated rings. The Labute approximate surface area is 106 Å². The van der Waals surface area contributed by atoms with Gasteiger partial charge in [-0.15, -0.1) is 0 Å². The molecule has 5 heteroatoms. The van der Waals surface area contributed by atoms with E-state index in [1.54, 1.807) is 22.9 Å². The second-order valence-corrected chi connectivity index (χ2v) is 4.32. The van der Waals surface area contributed by atoms with E-state index in [0.29, 0.717) is 11.0 Å². The first kappa shape index (κ1) is 12.0. The third-order valence-electron chi connectivity index (χ3n) is 2.45. The Balaban J connectivity index is 2.51. The van der Waals surface area contributed by atoms with Crippen molar-refractivity contribution in [2.24, 2.45) is 0 Å². The number of rotatable bonds is 3. The zero-order valence-corrected chi connectivity index (χ0v) is 10.7. The van der Waals surface area contributed by atoms with Crippen molar-refractivity contribution in [2.45, 2.75) is 13.5 Å². The van der Waals surface area contributed by atoms with Crippen molar-refractivity contribution >= 4 is 21.7 Å². The van der Waals surface area contributed by atoms with Gasteiger partial charge in [-0.2, -0.15) is 0 Å². The number of aromatic nitrogens is 2. The highest BCUT2D eigenvalue weighted by Gasteiger charge is 2.20. The number of benzene rings is 1. The van der Waals surface area contributed by atoms with Crippen LogP contribution in [0.5, 0.6) is 0 Å². The van der Waals surface area contributed by atoms with Gasteiger partial charge in [-0.1, -0.05) is 6.07 Å². The first-order chi connectivity index (χ1) is 8.15. The van der Waals surface area contributed by atoms with Crippen LogP contribution in [0.1, 0.15) is 23.1 Å². The van der Waals surface area contributed by atoms with E-state index in [1.807, 2.05) is 6.92 Å². The molecule has 2 aromatic rings. The Kier molecular flexibility index (Phi) is 3.38. The number of carbonyl (C=O) groups excluding carboxylic acids is 1. The summed E-state index contributed by atoms with van der Waals surface area (Å²) in [5.74, 6) is -0.713. The highest BCUT2D eigenvalue weighted by molar-refractivity contribution is 9.10. The lowest BCUT2D eigenvalue weighted by atomic mass is 10.1. The van der Waals surface area contributed by atoms with Gasteiger partial charge >= 0.3 is 0 Å². The van der Waals surface area contributed by atoms with Gasteiger partial charge in [0.1, 0.15) is 5.82 Å². The fraction of sp³-hybridized carbons (Fsp3) is 0.167. The Morgan fingerprint density at radius 3 is 2.94 bits per heavy atom. The van der Waals surface area contributed by atoms with Gasteiger partial charge in [0.2, 0.25) is 5.78 Å². The molecule has 0 saturated heterocycles. The Bertz CT molecular complexity index is 545. The molecule has 0 radical (unpaired) electrons. The second kappa shape index (κ2) is 4.79. The number of hydrogen-bond donors (Lipinski definition) is 0. The summed E-state index contributed by atoms with van der Waals surface area (Å²) >= 11 is 3.18. The van der Waals surface area contributed by atoms with Crippen molar-refractivity contribution in [2.75, 3.05) is 0 Å². The number of imidazole rings is 1. The van der Waals surface area contributed by atoms with Crippen molar-refractivity contribution in [3.05, 3.63) is 52.3 Å². The number of halogens is 2. The number of aryl methyl sites for hydroxylation is 1. The van der Waals surface area contributed by atoms with Gasteiger partial charge in [0, 0.05) is 23.4 Å². The van der Waals surface area contributed by atoms with Crippen LogP contribution in [-0.4, -0.2) is 15.3 Å². The first-order valence-corrected chi connectivity index (χ1v) is 5.94. The molecule has 0 atom stereocenters. The van der Waals surface area contributed by atoms with Crippen LogP contribution in [0, 0.1) is 5.82 Å². The summed E-state index contributed by atoms with van der Waals surface area (Å²) in [5, 5.41) is 0. The van der Waals surface area contributed by atoms with E-state index >= 15 is 0 Å². The molecule has 0 amide bonds. The average molecular weight is 297 g/mol. The van der Waals surface area contributed by atoms with Crippen LogP contribution in [0.4, 0.5) is 4.39 Å². The van der Waals surface area contributed by atoms with Crippen molar-refractivity contribution in [3.63, 3.8) is 0 Å². The highest BCUT2D eigenvalue weighted by atomic mass is 79.9. The standard InChI is InChI=1S/C12H10BrFN2O/c1-2-16-7-6-15-12(16)11(17)10-8(13)4-3-5-9(10)14/h3-7H,2H2,1H3. The molecule has 17 heavy (non-hydrogen) atoms. The maximum atomic E-state index is 13.6. The molecule has 0 aliphatic carbocycles. The Hall–Kier alpha value is -1.49. The average Bonchev–Trinajstić information content (AvgIpc) is 2.76. The van der Waals surface area contributed by atoms with Gasteiger partial charge in [0.05, 0.1) is 5.56 Å². The third kappa shape index (κ3) is 2.15. The van der Waals surface area contributed by atoms with E-state index < -0.39 is 11.6 Å². The summed E-state index contributed by atoms with van der Waals surface area (Å²) in [7, 11) is 0. The van der Waals surface area contributed by atoms with E-state index in [0.717, 1.165) is 0 Å². The van der Waals surface area contributed by atoms with Crippen LogP contribution in [0.15, 0.2) is 35.1 Å². The molecule has 0 N–H and O–H groups in total. The van der Waals surface area contributed by atoms with Gasteiger partial charge in [-0.25, -0.2) is 9.37 Å². The van der Waals surface area contributed by atoms with Crippen LogP contribution in [0.2, 0.25) is 0 Å². The molecule has 0 aliphatic rings. The largest absolute Gasteiger partial charge is 0.328 e. The molecule has 2 rings (SSSR count). The van der Waals surface area contributed by atoms with E-state index in [4.69, 9.17) is 0 Å². The number of nitrogens with zero attached hydrogens (tertiary/aromatic N) is 2. The molecule has 1 aromatic carbocycles. The summed E-state index contributed by atoms with van der Waals surface area (Å²) in [6.07, 6.45) is 3.23. The Morgan fingerprint density at radius 2 is 2.29 bits per heavy atom. The fourth-order valence-electron chi connectivity index (χ4n) is 1.60. The van der Waals surface area contributed by atoms with Crippen molar-refractivity contribution < 1.29 is 9.18 Å². The smallest absolute Gasteiger partial charge is 0.232 e. The topological polar surface area (TPSA) is 34.9 Å². The SMILES string of the molecule is CCn1ccnc1C(=O)c1c(F)cccc1Br. The summed E-state index contributed by atoms with van der Waals surface area (Å²) in [6.45, 7) is 2.52. The van der Waals surface area contributed by atoms with E-state index in [2.05, 4.69) is 20.9 Å². The summed E-state index contributed by atoms with van der Waals surface area (Å²) in [5.41, 5.74) is 0.0217. The maximum absolute atomic E-state index is 13.6. The minimum absolute atomic E-state index is 0.0217. The molecule has 0 saturated carbocycles. The van der Waals surface area contributed by atoms with E-state index in [9.17, 15) is 9.18 Å². The van der Waals surface area contributed by atoms with Crippen LogP contribution < -0.4 is 0 Å². The van der Waals surface area contributed by atoms with Crippen LogP contribution in [-0.2, 0) is 6.54 Å². The van der Waals surface area contributed by atoms with Crippen LogP contribution >= 0.6 is 15.9 Å². The molecule has 88 valence electrons. The number of ketones is 1. The predicted molar refractivity (Wildman–Crippen MR) is 65.4 cm³/mol. The quantitative estimate of drug-likeness (QED) is 0.816. The molecule has 1 heterocycles. The zero-order chi connectivity index (χ0) is 12.4. The molecule has 0 unspecified atom stereocenters. The fourth-order valence-corrected chi connectivity index (χ4v) is 2.12. The summed E-state index contributed by atoms with van der Waals surface area (Å²) < 4.78 is 15.8. The normalized spacial score (nSPS) is 10.5. The molecule has 0 aliphatic heterocycles. The lowest BCUT2D eigenvalue weighted by molar-refractivity contribution is 0.102.